The van der Waals surface area contributed by atoms with Crippen LogP contribution < -0.4 is 4.90 Å². The van der Waals surface area contributed by atoms with Crippen molar-refractivity contribution < 1.29 is 9.59 Å². The second-order valence-electron chi connectivity index (χ2n) is 2.67. The van der Waals surface area contributed by atoms with Gasteiger partial charge in [0, 0.05) is 25.2 Å². The number of hydrogen-bond donors (Lipinski definition) is 0. The van der Waals surface area contributed by atoms with Crippen LogP contribution in [0.5, 0.6) is 0 Å². The van der Waals surface area contributed by atoms with E-state index in [1.165, 1.54) is 12.4 Å². The highest BCUT2D eigenvalue weighted by atomic mass is 16.2. The zero-order valence-electron chi connectivity index (χ0n) is 6.80. The molecule has 0 unspecified atom stereocenters. The van der Waals surface area contributed by atoms with Gasteiger partial charge in [-0.2, -0.15) is 0 Å². The SMILES string of the molecule is O=C1CCC(=O)N1c1ncccn1. The van der Waals surface area contributed by atoms with E-state index in [0.717, 1.165) is 4.90 Å². The maximum absolute atomic E-state index is 11.2. The smallest absolute Gasteiger partial charge is 0.239 e. The molecule has 2 rings (SSSR count). The Labute approximate surface area is 74.4 Å². The van der Waals surface area contributed by atoms with Crippen LogP contribution in [0.4, 0.5) is 5.95 Å². The Morgan fingerprint density at radius 2 is 1.62 bits per heavy atom. The second kappa shape index (κ2) is 2.93. The Balaban J connectivity index is 2.36. The summed E-state index contributed by atoms with van der Waals surface area (Å²) >= 11 is 0. The van der Waals surface area contributed by atoms with Gasteiger partial charge in [-0.05, 0) is 6.07 Å². The fraction of sp³-hybridized carbons (Fsp3) is 0.250. The molecule has 2 amide bonds. The monoisotopic (exact) mass is 177 g/mol. The third-order valence-electron chi connectivity index (χ3n) is 1.80. The number of rotatable bonds is 1. The van der Waals surface area contributed by atoms with Crippen LogP contribution in [0.2, 0.25) is 0 Å². The summed E-state index contributed by atoms with van der Waals surface area (Å²) in [5.41, 5.74) is 0. The minimum atomic E-state index is -0.226. The van der Waals surface area contributed by atoms with Gasteiger partial charge in [-0.15, -0.1) is 0 Å². The molecule has 1 fully saturated rings. The summed E-state index contributed by atoms with van der Waals surface area (Å²) < 4.78 is 0. The van der Waals surface area contributed by atoms with Crippen molar-refractivity contribution in [3.8, 4) is 0 Å². The van der Waals surface area contributed by atoms with E-state index in [0.29, 0.717) is 0 Å². The summed E-state index contributed by atoms with van der Waals surface area (Å²) in [4.78, 5) is 31.1. The maximum atomic E-state index is 11.2. The van der Waals surface area contributed by atoms with Gasteiger partial charge in [-0.1, -0.05) is 0 Å². The van der Waals surface area contributed by atoms with E-state index < -0.39 is 0 Å². The molecule has 0 bridgehead atoms. The Morgan fingerprint density at radius 3 is 2.15 bits per heavy atom. The summed E-state index contributed by atoms with van der Waals surface area (Å²) in [6, 6.07) is 1.63. The minimum absolute atomic E-state index is 0.176. The summed E-state index contributed by atoms with van der Waals surface area (Å²) in [6.45, 7) is 0. The van der Waals surface area contributed by atoms with E-state index in [1.807, 2.05) is 0 Å². The molecule has 13 heavy (non-hydrogen) atoms. The predicted octanol–water partition coefficient (Wildman–Crippen LogP) is 0.130. The molecule has 0 atom stereocenters. The Hall–Kier alpha value is -1.78. The van der Waals surface area contributed by atoms with Crippen LogP contribution in [0.25, 0.3) is 0 Å². The minimum Gasteiger partial charge on any atom is -0.274 e. The molecule has 66 valence electrons. The van der Waals surface area contributed by atoms with Gasteiger partial charge in [-0.25, -0.2) is 14.9 Å². The van der Waals surface area contributed by atoms with Crippen molar-refractivity contribution in [3.63, 3.8) is 0 Å². The maximum Gasteiger partial charge on any atom is 0.239 e. The molecule has 0 aromatic carbocycles. The van der Waals surface area contributed by atoms with Crippen LogP contribution in [0, 0.1) is 0 Å². The average Bonchev–Trinajstić information content (AvgIpc) is 2.48. The average molecular weight is 177 g/mol. The zero-order chi connectivity index (χ0) is 9.26. The first kappa shape index (κ1) is 7.85. The normalized spacial score (nSPS) is 16.8. The lowest BCUT2D eigenvalue weighted by Gasteiger charge is -2.09. The number of amides is 2. The number of aromatic nitrogens is 2. The summed E-state index contributed by atoms with van der Waals surface area (Å²) in [5.74, 6) is -0.276. The van der Waals surface area contributed by atoms with E-state index in [2.05, 4.69) is 9.97 Å². The van der Waals surface area contributed by atoms with Gasteiger partial charge in [0.2, 0.25) is 17.8 Å². The molecule has 5 heteroatoms. The standard InChI is InChI=1S/C8H7N3O2/c12-6-2-3-7(13)11(6)8-9-4-1-5-10-8/h1,4-5H,2-3H2. The molecular formula is C8H7N3O2. The number of imide groups is 1. The molecular weight excluding hydrogens is 170 g/mol. The van der Waals surface area contributed by atoms with Crippen LogP contribution >= 0.6 is 0 Å². The second-order valence-corrected chi connectivity index (χ2v) is 2.67. The molecule has 2 heterocycles. The fourth-order valence-corrected chi connectivity index (χ4v) is 1.21. The number of carbonyl (C=O) groups is 2. The number of anilines is 1. The van der Waals surface area contributed by atoms with Crippen LogP contribution in [0.3, 0.4) is 0 Å². The first-order chi connectivity index (χ1) is 6.29. The fourth-order valence-electron chi connectivity index (χ4n) is 1.21. The first-order valence-corrected chi connectivity index (χ1v) is 3.92. The molecule has 1 aromatic rings. The van der Waals surface area contributed by atoms with E-state index >= 15 is 0 Å². The largest absolute Gasteiger partial charge is 0.274 e. The first-order valence-electron chi connectivity index (χ1n) is 3.92. The van der Waals surface area contributed by atoms with Gasteiger partial charge >= 0.3 is 0 Å². The number of carbonyl (C=O) groups excluding carboxylic acids is 2. The van der Waals surface area contributed by atoms with Crippen LogP contribution in [-0.2, 0) is 9.59 Å². The van der Waals surface area contributed by atoms with E-state index in [1.54, 1.807) is 6.07 Å². The number of nitrogens with zero attached hydrogens (tertiary/aromatic N) is 3. The molecule has 1 aliphatic rings. The van der Waals surface area contributed by atoms with Crippen molar-refractivity contribution in [2.45, 2.75) is 12.8 Å². The van der Waals surface area contributed by atoms with E-state index in [-0.39, 0.29) is 30.6 Å². The van der Waals surface area contributed by atoms with E-state index in [9.17, 15) is 9.59 Å². The van der Waals surface area contributed by atoms with Crippen molar-refractivity contribution in [3.05, 3.63) is 18.5 Å². The predicted molar refractivity (Wildman–Crippen MR) is 43.8 cm³/mol. The van der Waals surface area contributed by atoms with E-state index in [4.69, 9.17) is 0 Å². The topological polar surface area (TPSA) is 63.2 Å². The Kier molecular flexibility index (Phi) is 1.77. The van der Waals surface area contributed by atoms with Crippen LogP contribution in [0.1, 0.15) is 12.8 Å². The van der Waals surface area contributed by atoms with Crippen LogP contribution in [-0.4, -0.2) is 21.8 Å². The number of hydrogen-bond acceptors (Lipinski definition) is 4. The molecule has 1 aliphatic heterocycles. The molecule has 0 N–H and O–H groups in total. The van der Waals surface area contributed by atoms with Gasteiger partial charge < -0.3 is 0 Å². The van der Waals surface area contributed by atoms with Crippen molar-refractivity contribution in [2.24, 2.45) is 0 Å². The highest BCUT2D eigenvalue weighted by Gasteiger charge is 2.31. The third-order valence-corrected chi connectivity index (χ3v) is 1.80. The lowest BCUT2D eigenvalue weighted by molar-refractivity contribution is -0.121. The molecule has 0 aliphatic carbocycles. The molecule has 1 aromatic heterocycles. The molecule has 0 spiro atoms. The van der Waals surface area contributed by atoms with Gasteiger partial charge in [0.15, 0.2) is 0 Å². The lowest BCUT2D eigenvalue weighted by Crippen LogP contribution is -2.30. The third kappa shape index (κ3) is 1.28. The molecule has 1 saturated heterocycles. The Bertz CT molecular complexity index is 334. The highest BCUT2D eigenvalue weighted by Crippen LogP contribution is 2.16. The molecule has 5 nitrogen and oxygen atoms in total. The van der Waals surface area contributed by atoms with Crippen molar-refractivity contribution >= 4 is 17.8 Å². The molecule has 0 radical (unpaired) electrons. The van der Waals surface area contributed by atoms with Gasteiger partial charge in [-0.3, -0.25) is 9.59 Å². The molecule has 0 saturated carbocycles. The summed E-state index contributed by atoms with van der Waals surface area (Å²) in [6.07, 6.45) is 3.52. The summed E-state index contributed by atoms with van der Waals surface area (Å²) in [7, 11) is 0. The Morgan fingerprint density at radius 1 is 1.08 bits per heavy atom. The van der Waals surface area contributed by atoms with Crippen molar-refractivity contribution in [2.75, 3.05) is 4.90 Å². The summed E-state index contributed by atoms with van der Waals surface area (Å²) in [5, 5.41) is 0. The zero-order valence-corrected chi connectivity index (χ0v) is 6.80. The van der Waals surface area contributed by atoms with Crippen molar-refractivity contribution in [1.29, 1.82) is 0 Å². The van der Waals surface area contributed by atoms with Gasteiger partial charge in [0.05, 0.1) is 0 Å². The highest BCUT2D eigenvalue weighted by molar-refractivity contribution is 6.18. The quantitative estimate of drug-likeness (QED) is 0.572. The van der Waals surface area contributed by atoms with Gasteiger partial charge in [0.25, 0.3) is 0 Å². The van der Waals surface area contributed by atoms with Crippen molar-refractivity contribution in [1.82, 2.24) is 9.97 Å². The van der Waals surface area contributed by atoms with Gasteiger partial charge in [0.1, 0.15) is 0 Å². The van der Waals surface area contributed by atoms with Crippen LogP contribution in [0.15, 0.2) is 18.5 Å². The lowest BCUT2D eigenvalue weighted by atomic mass is 10.4.